The zero-order valence-corrected chi connectivity index (χ0v) is 12.8. The largest absolute Gasteiger partial charge is 0.396 e. The van der Waals surface area contributed by atoms with Gasteiger partial charge in [-0.2, -0.15) is 0 Å². The SMILES string of the molecule is CNc1cc(N(CCCO)C2CCC2)nc(C(C)C)n1. The van der Waals surface area contributed by atoms with Gasteiger partial charge in [-0.3, -0.25) is 0 Å². The molecule has 0 unspecified atom stereocenters. The highest BCUT2D eigenvalue weighted by molar-refractivity contribution is 5.50. The van der Waals surface area contributed by atoms with Crippen LogP contribution in [0.5, 0.6) is 0 Å². The summed E-state index contributed by atoms with van der Waals surface area (Å²) in [7, 11) is 1.89. The van der Waals surface area contributed by atoms with Gasteiger partial charge in [0.25, 0.3) is 0 Å². The second kappa shape index (κ2) is 6.88. The summed E-state index contributed by atoms with van der Waals surface area (Å²) in [4.78, 5) is 11.6. The topological polar surface area (TPSA) is 61.3 Å². The first-order valence-electron chi connectivity index (χ1n) is 7.60. The van der Waals surface area contributed by atoms with Crippen LogP contribution >= 0.6 is 0 Å². The van der Waals surface area contributed by atoms with Crippen molar-refractivity contribution in [2.75, 3.05) is 30.4 Å². The van der Waals surface area contributed by atoms with Crippen LogP contribution < -0.4 is 10.2 Å². The maximum atomic E-state index is 9.11. The first-order valence-corrected chi connectivity index (χ1v) is 7.60. The minimum absolute atomic E-state index is 0.226. The Morgan fingerprint density at radius 1 is 1.40 bits per heavy atom. The molecule has 5 nitrogen and oxygen atoms in total. The molecule has 1 aromatic rings. The minimum Gasteiger partial charge on any atom is -0.396 e. The van der Waals surface area contributed by atoms with Gasteiger partial charge < -0.3 is 15.3 Å². The summed E-state index contributed by atoms with van der Waals surface area (Å²) >= 11 is 0. The average molecular weight is 278 g/mol. The van der Waals surface area contributed by atoms with Gasteiger partial charge in [0, 0.05) is 38.2 Å². The van der Waals surface area contributed by atoms with Crippen molar-refractivity contribution in [3.05, 3.63) is 11.9 Å². The quantitative estimate of drug-likeness (QED) is 0.802. The summed E-state index contributed by atoms with van der Waals surface area (Å²) < 4.78 is 0. The zero-order valence-electron chi connectivity index (χ0n) is 12.8. The van der Waals surface area contributed by atoms with Gasteiger partial charge in [-0.05, 0) is 25.7 Å². The Bertz CT molecular complexity index is 432. The Morgan fingerprint density at radius 3 is 2.65 bits per heavy atom. The minimum atomic E-state index is 0.226. The van der Waals surface area contributed by atoms with Gasteiger partial charge in [-0.25, -0.2) is 9.97 Å². The van der Waals surface area contributed by atoms with Crippen molar-refractivity contribution in [3.8, 4) is 0 Å². The standard InChI is InChI=1S/C15H26N4O/c1-11(2)15-17-13(16-3)10-14(18-15)19(8-5-9-20)12-6-4-7-12/h10-12,20H,4-9H2,1-3H3,(H,16,17,18). The predicted octanol–water partition coefficient (Wildman–Crippen LogP) is 2.38. The number of aliphatic hydroxyl groups excluding tert-OH is 1. The molecule has 0 aliphatic heterocycles. The van der Waals surface area contributed by atoms with E-state index >= 15 is 0 Å². The highest BCUT2D eigenvalue weighted by atomic mass is 16.3. The molecule has 1 heterocycles. The van der Waals surface area contributed by atoms with Gasteiger partial charge in [-0.15, -0.1) is 0 Å². The fourth-order valence-electron chi connectivity index (χ4n) is 2.41. The molecule has 0 atom stereocenters. The number of aromatic nitrogens is 2. The predicted molar refractivity (Wildman–Crippen MR) is 82.4 cm³/mol. The number of anilines is 2. The first-order chi connectivity index (χ1) is 9.65. The van der Waals surface area contributed by atoms with Crippen molar-refractivity contribution < 1.29 is 5.11 Å². The summed E-state index contributed by atoms with van der Waals surface area (Å²) in [5.74, 6) is 3.04. The van der Waals surface area contributed by atoms with Gasteiger partial charge in [0.05, 0.1) is 0 Å². The smallest absolute Gasteiger partial charge is 0.135 e. The van der Waals surface area contributed by atoms with Crippen LogP contribution in [0.4, 0.5) is 11.6 Å². The van der Waals surface area contributed by atoms with Gasteiger partial charge >= 0.3 is 0 Å². The lowest BCUT2D eigenvalue weighted by molar-refractivity contribution is 0.282. The van der Waals surface area contributed by atoms with Crippen LogP contribution in [0.3, 0.4) is 0 Å². The lowest BCUT2D eigenvalue weighted by atomic mass is 9.91. The van der Waals surface area contributed by atoms with Gasteiger partial charge in [0.15, 0.2) is 0 Å². The second-order valence-corrected chi connectivity index (χ2v) is 5.73. The molecule has 5 heteroatoms. The van der Waals surface area contributed by atoms with Crippen LogP contribution in [0, 0.1) is 0 Å². The molecular formula is C15H26N4O. The highest BCUT2D eigenvalue weighted by Gasteiger charge is 2.26. The second-order valence-electron chi connectivity index (χ2n) is 5.73. The number of rotatable bonds is 7. The molecule has 0 spiro atoms. The molecule has 1 aliphatic rings. The lowest BCUT2D eigenvalue weighted by Crippen LogP contribution is -2.41. The Morgan fingerprint density at radius 2 is 2.15 bits per heavy atom. The molecule has 1 aromatic heterocycles. The Balaban J connectivity index is 2.27. The molecule has 0 bridgehead atoms. The van der Waals surface area contributed by atoms with E-state index in [1.54, 1.807) is 0 Å². The molecule has 0 saturated heterocycles. The van der Waals surface area contributed by atoms with Crippen LogP contribution in [0.15, 0.2) is 6.07 Å². The van der Waals surface area contributed by atoms with Crippen LogP contribution in [0.25, 0.3) is 0 Å². The molecule has 0 amide bonds. The molecule has 1 saturated carbocycles. The van der Waals surface area contributed by atoms with Crippen molar-refractivity contribution in [2.24, 2.45) is 0 Å². The summed E-state index contributed by atoms with van der Waals surface area (Å²) in [5, 5.41) is 12.2. The molecule has 2 rings (SSSR count). The summed E-state index contributed by atoms with van der Waals surface area (Å²) in [6.45, 7) is 5.31. The maximum Gasteiger partial charge on any atom is 0.135 e. The molecular weight excluding hydrogens is 252 g/mol. The van der Waals surface area contributed by atoms with E-state index in [0.29, 0.717) is 12.0 Å². The van der Waals surface area contributed by atoms with E-state index in [0.717, 1.165) is 30.4 Å². The molecule has 2 N–H and O–H groups in total. The van der Waals surface area contributed by atoms with Crippen molar-refractivity contribution in [1.29, 1.82) is 0 Å². The lowest BCUT2D eigenvalue weighted by Gasteiger charge is -2.38. The molecule has 112 valence electrons. The molecule has 0 radical (unpaired) electrons. The van der Waals surface area contributed by atoms with E-state index in [1.807, 2.05) is 13.1 Å². The van der Waals surface area contributed by atoms with E-state index in [1.165, 1.54) is 19.3 Å². The normalized spacial score (nSPS) is 15.2. The monoisotopic (exact) mass is 278 g/mol. The van der Waals surface area contributed by atoms with Crippen LogP contribution in [0.2, 0.25) is 0 Å². The van der Waals surface area contributed by atoms with Crippen LogP contribution in [0.1, 0.15) is 51.3 Å². The van der Waals surface area contributed by atoms with E-state index in [4.69, 9.17) is 10.1 Å². The Labute approximate surface area is 121 Å². The van der Waals surface area contributed by atoms with E-state index in [-0.39, 0.29) is 6.61 Å². The highest BCUT2D eigenvalue weighted by Crippen LogP contribution is 2.30. The molecule has 0 aromatic carbocycles. The fraction of sp³-hybridized carbons (Fsp3) is 0.733. The van der Waals surface area contributed by atoms with E-state index in [2.05, 4.69) is 29.0 Å². The van der Waals surface area contributed by atoms with E-state index in [9.17, 15) is 0 Å². The Kier molecular flexibility index (Phi) is 5.17. The summed E-state index contributed by atoms with van der Waals surface area (Å²) in [6, 6.07) is 2.59. The third-order valence-electron chi connectivity index (χ3n) is 3.87. The first kappa shape index (κ1) is 15.0. The molecule has 1 fully saturated rings. The molecule has 1 aliphatic carbocycles. The number of hydrogen-bond acceptors (Lipinski definition) is 5. The van der Waals surface area contributed by atoms with Crippen molar-refractivity contribution in [1.82, 2.24) is 9.97 Å². The number of aliphatic hydroxyl groups is 1. The third kappa shape index (κ3) is 3.39. The van der Waals surface area contributed by atoms with Crippen molar-refractivity contribution in [2.45, 2.75) is 51.5 Å². The average Bonchev–Trinajstić information content (AvgIpc) is 2.40. The van der Waals surface area contributed by atoms with Crippen molar-refractivity contribution in [3.63, 3.8) is 0 Å². The van der Waals surface area contributed by atoms with Gasteiger partial charge in [-0.1, -0.05) is 13.8 Å². The number of hydrogen-bond donors (Lipinski definition) is 2. The number of nitrogens with one attached hydrogen (secondary N) is 1. The fourth-order valence-corrected chi connectivity index (χ4v) is 2.41. The van der Waals surface area contributed by atoms with E-state index < -0.39 is 0 Å². The Hall–Kier alpha value is -1.36. The maximum absolute atomic E-state index is 9.11. The summed E-state index contributed by atoms with van der Waals surface area (Å²) in [6.07, 6.45) is 4.52. The van der Waals surface area contributed by atoms with Crippen LogP contribution in [-0.4, -0.2) is 41.3 Å². The third-order valence-corrected chi connectivity index (χ3v) is 3.87. The summed E-state index contributed by atoms with van der Waals surface area (Å²) in [5.41, 5.74) is 0. The van der Waals surface area contributed by atoms with Gasteiger partial charge in [0.1, 0.15) is 17.5 Å². The van der Waals surface area contributed by atoms with Crippen LogP contribution in [-0.2, 0) is 0 Å². The molecule has 20 heavy (non-hydrogen) atoms. The van der Waals surface area contributed by atoms with Crippen molar-refractivity contribution >= 4 is 11.6 Å². The zero-order chi connectivity index (χ0) is 14.5. The number of nitrogens with zero attached hydrogens (tertiary/aromatic N) is 3. The van der Waals surface area contributed by atoms with Gasteiger partial charge in [0.2, 0.25) is 0 Å².